The van der Waals surface area contributed by atoms with E-state index in [9.17, 15) is 5.11 Å². The molecule has 1 aromatic heterocycles. The third-order valence-corrected chi connectivity index (χ3v) is 2.92. The average Bonchev–Trinajstić information content (AvgIpc) is 2.71. The highest BCUT2D eigenvalue weighted by Gasteiger charge is 2.04. The molecule has 3 rings (SSSR count). The van der Waals surface area contributed by atoms with Crippen molar-refractivity contribution in [2.24, 2.45) is 0 Å². The highest BCUT2D eigenvalue weighted by Crippen LogP contribution is 2.27. The van der Waals surface area contributed by atoms with Crippen molar-refractivity contribution in [2.45, 2.75) is 6.92 Å². The topological polar surface area (TPSA) is 48.9 Å². The van der Waals surface area contributed by atoms with Crippen molar-refractivity contribution in [3.8, 4) is 16.9 Å². The second-order valence-electron chi connectivity index (χ2n) is 4.13. The lowest BCUT2D eigenvalue weighted by atomic mass is 10.0. The first-order chi connectivity index (χ1) is 8.24. The number of aromatic hydroxyl groups is 1. The van der Waals surface area contributed by atoms with E-state index < -0.39 is 0 Å². The molecule has 1 heterocycles. The van der Waals surface area contributed by atoms with E-state index >= 15 is 0 Å². The number of hydrogen-bond donors (Lipinski definition) is 2. The number of H-pyrrole nitrogens is 1. The zero-order valence-electron chi connectivity index (χ0n) is 9.44. The number of phenolic OH excluding ortho intramolecular Hbond substituents is 1. The molecule has 17 heavy (non-hydrogen) atoms. The lowest BCUT2D eigenvalue weighted by Crippen LogP contribution is -1.78. The molecule has 0 saturated heterocycles. The third kappa shape index (κ3) is 1.65. The fourth-order valence-corrected chi connectivity index (χ4v) is 2.00. The number of phenols is 1. The maximum Gasteiger partial charge on any atom is 0.116 e. The van der Waals surface area contributed by atoms with E-state index in [-0.39, 0.29) is 5.75 Å². The molecule has 0 radical (unpaired) electrons. The fraction of sp³-hybridized carbons (Fsp3) is 0.0714. The summed E-state index contributed by atoms with van der Waals surface area (Å²) in [5.41, 5.74) is 4.11. The van der Waals surface area contributed by atoms with Crippen LogP contribution < -0.4 is 0 Å². The molecule has 0 spiro atoms. The first-order valence-corrected chi connectivity index (χ1v) is 5.48. The van der Waals surface area contributed by atoms with Crippen LogP contribution >= 0.6 is 0 Å². The minimum atomic E-state index is 0.284. The van der Waals surface area contributed by atoms with E-state index in [0.717, 1.165) is 27.7 Å². The molecule has 3 heteroatoms. The normalized spacial score (nSPS) is 10.9. The molecule has 0 aliphatic rings. The van der Waals surface area contributed by atoms with Crippen LogP contribution in [0.15, 0.2) is 42.5 Å². The van der Waals surface area contributed by atoms with Gasteiger partial charge in [0.2, 0.25) is 0 Å². The first-order valence-electron chi connectivity index (χ1n) is 5.48. The number of aromatic nitrogens is 2. The Balaban J connectivity index is 2.20. The molecule has 0 fully saturated rings. The number of aromatic amines is 1. The third-order valence-electron chi connectivity index (χ3n) is 2.92. The lowest BCUT2D eigenvalue weighted by Gasteiger charge is -2.02. The van der Waals surface area contributed by atoms with Crippen LogP contribution in [0.2, 0.25) is 0 Å². The van der Waals surface area contributed by atoms with Gasteiger partial charge in [0.1, 0.15) is 5.75 Å². The van der Waals surface area contributed by atoms with Crippen molar-refractivity contribution >= 4 is 10.9 Å². The standard InChI is InChI=1S/C14H12N2O/c1-9-13-8-11(5-6-14(13)16-15-9)10-3-2-4-12(17)7-10/h2-8,17H,1H3,(H,15,16). The molecule has 2 N–H and O–H groups in total. The summed E-state index contributed by atoms with van der Waals surface area (Å²) in [5.74, 6) is 0.284. The van der Waals surface area contributed by atoms with Gasteiger partial charge in [-0.1, -0.05) is 18.2 Å². The van der Waals surface area contributed by atoms with Crippen LogP contribution in [0.25, 0.3) is 22.0 Å². The van der Waals surface area contributed by atoms with Crippen molar-refractivity contribution in [1.29, 1.82) is 0 Å². The smallest absolute Gasteiger partial charge is 0.116 e. The van der Waals surface area contributed by atoms with Crippen LogP contribution in [0.5, 0.6) is 5.75 Å². The van der Waals surface area contributed by atoms with Crippen molar-refractivity contribution < 1.29 is 5.11 Å². The maximum absolute atomic E-state index is 9.48. The van der Waals surface area contributed by atoms with Crippen molar-refractivity contribution in [1.82, 2.24) is 10.2 Å². The summed E-state index contributed by atoms with van der Waals surface area (Å²) in [7, 11) is 0. The van der Waals surface area contributed by atoms with Crippen LogP contribution in [0.1, 0.15) is 5.69 Å². The van der Waals surface area contributed by atoms with Crippen molar-refractivity contribution in [3.63, 3.8) is 0 Å². The number of hydrogen-bond acceptors (Lipinski definition) is 2. The minimum absolute atomic E-state index is 0.284. The Labute approximate surface area is 98.7 Å². The number of fused-ring (bicyclic) bond motifs is 1. The molecule has 2 aromatic carbocycles. The van der Waals surface area contributed by atoms with Gasteiger partial charge < -0.3 is 5.11 Å². The zero-order chi connectivity index (χ0) is 11.8. The largest absolute Gasteiger partial charge is 0.508 e. The van der Waals surface area contributed by atoms with Crippen LogP contribution in [-0.4, -0.2) is 15.3 Å². The SMILES string of the molecule is Cc1[nH]nc2ccc(-c3cccc(O)c3)cc12. The van der Waals surface area contributed by atoms with Gasteiger partial charge in [0.25, 0.3) is 0 Å². The molecule has 0 aliphatic heterocycles. The molecular weight excluding hydrogens is 212 g/mol. The summed E-state index contributed by atoms with van der Waals surface area (Å²) in [5, 5.41) is 17.8. The quantitative estimate of drug-likeness (QED) is 0.666. The molecule has 0 amide bonds. The molecule has 0 saturated carbocycles. The average molecular weight is 224 g/mol. The van der Waals surface area contributed by atoms with E-state index in [1.165, 1.54) is 0 Å². The number of nitrogens with zero attached hydrogens (tertiary/aromatic N) is 1. The molecule has 0 atom stereocenters. The number of nitrogens with one attached hydrogen (secondary N) is 1. The molecular formula is C14H12N2O. The highest BCUT2D eigenvalue weighted by molar-refractivity contribution is 5.86. The minimum Gasteiger partial charge on any atom is -0.508 e. The Kier molecular flexibility index (Phi) is 2.11. The Morgan fingerprint density at radius 3 is 2.71 bits per heavy atom. The van der Waals surface area contributed by atoms with Gasteiger partial charge in [-0.2, -0.15) is 5.10 Å². The Morgan fingerprint density at radius 2 is 1.88 bits per heavy atom. The van der Waals surface area contributed by atoms with E-state index in [0.29, 0.717) is 0 Å². The van der Waals surface area contributed by atoms with E-state index in [2.05, 4.69) is 16.3 Å². The summed E-state index contributed by atoms with van der Waals surface area (Å²) in [4.78, 5) is 0. The number of rotatable bonds is 1. The molecule has 0 bridgehead atoms. The zero-order valence-corrected chi connectivity index (χ0v) is 9.44. The Morgan fingerprint density at radius 1 is 1.06 bits per heavy atom. The maximum atomic E-state index is 9.48. The van der Waals surface area contributed by atoms with Crippen LogP contribution in [0.3, 0.4) is 0 Å². The second kappa shape index (κ2) is 3.63. The molecule has 0 unspecified atom stereocenters. The second-order valence-corrected chi connectivity index (χ2v) is 4.13. The number of benzene rings is 2. The Hall–Kier alpha value is -2.29. The van der Waals surface area contributed by atoms with Crippen molar-refractivity contribution in [2.75, 3.05) is 0 Å². The van der Waals surface area contributed by atoms with Gasteiger partial charge in [-0.3, -0.25) is 5.10 Å². The molecule has 3 nitrogen and oxygen atoms in total. The Bertz CT molecular complexity index is 686. The number of aryl methyl sites for hydroxylation is 1. The van der Waals surface area contributed by atoms with E-state index in [4.69, 9.17) is 0 Å². The van der Waals surface area contributed by atoms with Gasteiger partial charge in [-0.05, 0) is 42.3 Å². The van der Waals surface area contributed by atoms with Crippen LogP contribution in [0.4, 0.5) is 0 Å². The fourth-order valence-electron chi connectivity index (χ4n) is 2.00. The van der Waals surface area contributed by atoms with Gasteiger partial charge in [0.15, 0.2) is 0 Å². The summed E-state index contributed by atoms with van der Waals surface area (Å²) in [6.07, 6.45) is 0. The summed E-state index contributed by atoms with van der Waals surface area (Å²) in [6, 6.07) is 13.3. The highest BCUT2D eigenvalue weighted by atomic mass is 16.3. The molecule has 84 valence electrons. The van der Waals surface area contributed by atoms with Gasteiger partial charge in [0, 0.05) is 11.1 Å². The van der Waals surface area contributed by atoms with Gasteiger partial charge >= 0.3 is 0 Å². The van der Waals surface area contributed by atoms with E-state index in [1.807, 2.05) is 31.2 Å². The first kappa shape index (κ1) is 9.90. The molecule has 3 aromatic rings. The van der Waals surface area contributed by atoms with Crippen LogP contribution in [0, 0.1) is 6.92 Å². The predicted molar refractivity (Wildman–Crippen MR) is 67.9 cm³/mol. The van der Waals surface area contributed by atoms with Gasteiger partial charge in [-0.25, -0.2) is 0 Å². The van der Waals surface area contributed by atoms with Crippen LogP contribution in [-0.2, 0) is 0 Å². The predicted octanol–water partition coefficient (Wildman–Crippen LogP) is 3.24. The van der Waals surface area contributed by atoms with Gasteiger partial charge in [-0.15, -0.1) is 0 Å². The lowest BCUT2D eigenvalue weighted by molar-refractivity contribution is 0.475. The summed E-state index contributed by atoms with van der Waals surface area (Å²) < 4.78 is 0. The molecule has 0 aliphatic carbocycles. The summed E-state index contributed by atoms with van der Waals surface area (Å²) >= 11 is 0. The van der Waals surface area contributed by atoms with E-state index in [1.54, 1.807) is 12.1 Å². The summed E-state index contributed by atoms with van der Waals surface area (Å²) in [6.45, 7) is 2.00. The van der Waals surface area contributed by atoms with Gasteiger partial charge in [0.05, 0.1) is 5.52 Å². The monoisotopic (exact) mass is 224 g/mol. The van der Waals surface area contributed by atoms with Crippen molar-refractivity contribution in [3.05, 3.63) is 48.2 Å².